The van der Waals surface area contributed by atoms with E-state index >= 15 is 0 Å². The maximum Gasteiger partial charge on any atom is 0.315 e. The molecule has 3 rings (SSSR count). The highest BCUT2D eigenvalue weighted by molar-refractivity contribution is 7.88. The number of anilines is 2. The van der Waals surface area contributed by atoms with Gasteiger partial charge in [-0.15, -0.1) is 0 Å². The number of aromatic nitrogens is 1. The first-order chi connectivity index (χ1) is 15.7. The molecule has 0 bridgehead atoms. The molecular weight excluding hydrogens is 492 g/mol. The van der Waals surface area contributed by atoms with Crippen molar-refractivity contribution in [1.29, 1.82) is 0 Å². The minimum absolute atomic E-state index is 0.0454. The number of hydrogen-bond donors (Lipinski definition) is 3. The second kappa shape index (κ2) is 10.6. The summed E-state index contributed by atoms with van der Waals surface area (Å²) >= 11 is 6.93. The van der Waals surface area contributed by atoms with Crippen LogP contribution in [0.5, 0.6) is 17.2 Å². The van der Waals surface area contributed by atoms with Gasteiger partial charge in [0.1, 0.15) is 4.34 Å². The lowest BCUT2D eigenvalue weighted by Gasteiger charge is -2.13. The Bertz CT molecular complexity index is 1280. The number of rotatable bonds is 8. The molecule has 1 aromatic heterocycles. The van der Waals surface area contributed by atoms with E-state index in [2.05, 4.69) is 20.3 Å². The number of amides is 2. The summed E-state index contributed by atoms with van der Waals surface area (Å²) in [6.45, 7) is -0.149. The van der Waals surface area contributed by atoms with Gasteiger partial charge in [0, 0.05) is 0 Å². The molecule has 1 heterocycles. The number of nitrogens with one attached hydrogen (secondary N) is 3. The number of para-hydroxylation sites is 4. The van der Waals surface area contributed by atoms with Crippen molar-refractivity contribution in [2.24, 2.45) is 0 Å². The fraction of sp³-hybridized carbons (Fsp3) is 0.150. The van der Waals surface area contributed by atoms with Gasteiger partial charge in [-0.1, -0.05) is 47.2 Å². The fourth-order valence-electron chi connectivity index (χ4n) is 2.51. The number of carbonyl (C=O) groups excluding carboxylic acids is 2. The number of ether oxygens (including phenoxy) is 2. The van der Waals surface area contributed by atoms with Crippen LogP contribution in [-0.4, -0.2) is 38.6 Å². The molecule has 2 aromatic carbocycles. The van der Waals surface area contributed by atoms with Crippen molar-refractivity contribution in [2.75, 3.05) is 24.0 Å². The van der Waals surface area contributed by atoms with Gasteiger partial charge >= 0.3 is 11.8 Å². The molecule has 0 aliphatic rings. The molecule has 13 heteroatoms. The van der Waals surface area contributed by atoms with Crippen molar-refractivity contribution in [1.82, 2.24) is 9.71 Å². The maximum atomic E-state index is 12.4. The van der Waals surface area contributed by atoms with Gasteiger partial charge in [0.2, 0.25) is 10.0 Å². The van der Waals surface area contributed by atoms with Crippen molar-refractivity contribution in [3.05, 3.63) is 58.6 Å². The molecule has 10 nitrogen and oxygen atoms in total. The lowest BCUT2D eigenvalue weighted by atomic mass is 10.2. The Balaban J connectivity index is 1.68. The van der Waals surface area contributed by atoms with Crippen LogP contribution < -0.4 is 24.8 Å². The van der Waals surface area contributed by atoms with Crippen molar-refractivity contribution in [2.45, 2.75) is 6.54 Å². The van der Waals surface area contributed by atoms with Crippen LogP contribution in [0.25, 0.3) is 0 Å². The van der Waals surface area contributed by atoms with Crippen LogP contribution in [0.2, 0.25) is 4.34 Å². The van der Waals surface area contributed by atoms with Crippen LogP contribution >= 0.6 is 22.9 Å². The fourth-order valence-corrected chi connectivity index (χ4v) is 3.94. The topological polar surface area (TPSA) is 136 Å². The second-order valence-electron chi connectivity index (χ2n) is 6.49. The van der Waals surface area contributed by atoms with Gasteiger partial charge in [0.05, 0.1) is 31.3 Å². The van der Waals surface area contributed by atoms with Gasteiger partial charge in [-0.3, -0.25) is 14.9 Å². The number of sulfonamides is 1. The summed E-state index contributed by atoms with van der Waals surface area (Å²) in [5, 5.41) is 4.88. The molecule has 0 radical (unpaired) electrons. The smallest absolute Gasteiger partial charge is 0.315 e. The number of thiazole rings is 1. The van der Waals surface area contributed by atoms with E-state index in [9.17, 15) is 18.0 Å². The zero-order valence-electron chi connectivity index (χ0n) is 17.4. The van der Waals surface area contributed by atoms with Crippen LogP contribution in [0.3, 0.4) is 0 Å². The predicted molar refractivity (Wildman–Crippen MR) is 126 cm³/mol. The molecule has 0 saturated heterocycles. The minimum atomic E-state index is -3.45. The Labute approximate surface area is 198 Å². The molecule has 3 N–H and O–H groups in total. The molecule has 2 amide bonds. The molecule has 33 heavy (non-hydrogen) atoms. The van der Waals surface area contributed by atoms with E-state index in [1.54, 1.807) is 48.5 Å². The molecule has 0 aliphatic heterocycles. The molecular formula is C20H19ClN4O6S2. The lowest BCUT2D eigenvalue weighted by Crippen LogP contribution is -2.29. The minimum Gasteiger partial charge on any atom is -0.493 e. The first-order valence-corrected chi connectivity index (χ1v) is 12.4. The molecule has 0 unspecified atom stereocenters. The SMILES string of the molecule is COc1ccccc1Oc1ccccc1NC(=O)C(=O)Nc1nc(CNS(C)(=O)=O)c(Cl)s1. The Kier molecular flexibility index (Phi) is 7.87. The number of methoxy groups -OCH3 is 1. The highest BCUT2D eigenvalue weighted by atomic mass is 35.5. The summed E-state index contributed by atoms with van der Waals surface area (Å²) in [6, 6.07) is 13.6. The second-order valence-corrected chi connectivity index (χ2v) is 9.92. The van der Waals surface area contributed by atoms with E-state index in [4.69, 9.17) is 21.1 Å². The average molecular weight is 511 g/mol. The predicted octanol–water partition coefficient (Wildman–Crippen LogP) is 3.22. The lowest BCUT2D eigenvalue weighted by molar-refractivity contribution is -0.133. The van der Waals surface area contributed by atoms with E-state index in [-0.39, 0.29) is 27.4 Å². The van der Waals surface area contributed by atoms with E-state index in [1.165, 1.54) is 7.11 Å². The van der Waals surface area contributed by atoms with Crippen molar-refractivity contribution >= 4 is 55.6 Å². The van der Waals surface area contributed by atoms with Crippen LogP contribution in [-0.2, 0) is 26.2 Å². The molecule has 0 atom stereocenters. The summed E-state index contributed by atoms with van der Waals surface area (Å²) < 4.78 is 36.0. The molecule has 0 spiro atoms. The number of halogens is 1. The summed E-state index contributed by atoms with van der Waals surface area (Å²) in [5.41, 5.74) is 0.483. The first-order valence-electron chi connectivity index (χ1n) is 9.28. The quantitative estimate of drug-likeness (QED) is 0.396. The standard InChI is InChI=1S/C20H19ClN4O6S2/c1-30-15-9-5-6-10-16(15)31-14-8-4-3-7-12(14)23-18(26)19(27)25-20-24-13(17(21)32-20)11-22-33(2,28)29/h3-10,22H,11H2,1-2H3,(H,23,26)(H,24,25,27). The molecule has 3 aromatic rings. The number of hydrogen-bond acceptors (Lipinski definition) is 8. The molecule has 0 saturated carbocycles. The highest BCUT2D eigenvalue weighted by Crippen LogP contribution is 2.35. The zero-order chi connectivity index (χ0) is 24.0. The van der Waals surface area contributed by atoms with Crippen LogP contribution in [0.4, 0.5) is 10.8 Å². The molecule has 174 valence electrons. The largest absolute Gasteiger partial charge is 0.493 e. The summed E-state index contributed by atoms with van der Waals surface area (Å²) in [7, 11) is -1.94. The molecule has 0 fully saturated rings. The number of carbonyl (C=O) groups is 2. The van der Waals surface area contributed by atoms with Crippen molar-refractivity contribution in [3.8, 4) is 17.2 Å². The highest BCUT2D eigenvalue weighted by Gasteiger charge is 2.20. The van der Waals surface area contributed by atoms with Crippen molar-refractivity contribution in [3.63, 3.8) is 0 Å². The third-order valence-electron chi connectivity index (χ3n) is 4.00. The van der Waals surface area contributed by atoms with E-state index in [1.807, 2.05) is 0 Å². The van der Waals surface area contributed by atoms with E-state index < -0.39 is 21.8 Å². The van der Waals surface area contributed by atoms with Gasteiger partial charge in [-0.25, -0.2) is 18.1 Å². The van der Waals surface area contributed by atoms with Crippen LogP contribution in [0.15, 0.2) is 48.5 Å². The van der Waals surface area contributed by atoms with Gasteiger partial charge in [-0.2, -0.15) is 0 Å². The monoisotopic (exact) mass is 510 g/mol. The zero-order valence-corrected chi connectivity index (χ0v) is 19.8. The summed E-state index contributed by atoms with van der Waals surface area (Å²) in [4.78, 5) is 28.8. The van der Waals surface area contributed by atoms with E-state index in [0.29, 0.717) is 17.2 Å². The van der Waals surface area contributed by atoms with E-state index in [0.717, 1.165) is 17.6 Å². The maximum absolute atomic E-state index is 12.4. The third kappa shape index (κ3) is 6.89. The average Bonchev–Trinajstić information content (AvgIpc) is 3.12. The summed E-state index contributed by atoms with van der Waals surface area (Å²) in [6.07, 6.45) is 0.996. The Morgan fingerprint density at radius 2 is 1.61 bits per heavy atom. The Morgan fingerprint density at radius 3 is 2.27 bits per heavy atom. The number of nitrogens with zero attached hydrogens (tertiary/aromatic N) is 1. The Hall–Kier alpha value is -3.19. The van der Waals surface area contributed by atoms with Crippen LogP contribution in [0.1, 0.15) is 5.69 Å². The third-order valence-corrected chi connectivity index (χ3v) is 5.92. The van der Waals surface area contributed by atoms with Gasteiger partial charge in [-0.05, 0) is 24.3 Å². The number of benzene rings is 2. The van der Waals surface area contributed by atoms with Gasteiger partial charge in [0.25, 0.3) is 0 Å². The van der Waals surface area contributed by atoms with Gasteiger partial charge < -0.3 is 14.8 Å². The van der Waals surface area contributed by atoms with Crippen molar-refractivity contribution < 1.29 is 27.5 Å². The molecule has 0 aliphatic carbocycles. The van der Waals surface area contributed by atoms with Crippen LogP contribution in [0, 0.1) is 0 Å². The Morgan fingerprint density at radius 1 is 1.00 bits per heavy atom. The van der Waals surface area contributed by atoms with Gasteiger partial charge in [0.15, 0.2) is 22.4 Å². The normalized spacial score (nSPS) is 11.0. The first kappa shape index (κ1) is 24.5. The summed E-state index contributed by atoms with van der Waals surface area (Å²) in [5.74, 6) is -0.727.